The van der Waals surface area contributed by atoms with Crippen molar-refractivity contribution in [2.24, 2.45) is 17.8 Å². The molecule has 0 spiro atoms. The predicted molar refractivity (Wildman–Crippen MR) is 114 cm³/mol. The van der Waals surface area contributed by atoms with E-state index in [0.29, 0.717) is 44.8 Å². The zero-order valence-corrected chi connectivity index (χ0v) is 18.7. The minimum Gasteiger partial charge on any atom is -0.379 e. The minimum atomic E-state index is 0. The lowest BCUT2D eigenvalue weighted by Gasteiger charge is -2.45. The van der Waals surface area contributed by atoms with E-state index >= 15 is 0 Å². The topological polar surface area (TPSA) is 67.9 Å². The van der Waals surface area contributed by atoms with Gasteiger partial charge in [-0.25, -0.2) is 0 Å². The van der Waals surface area contributed by atoms with E-state index in [0.717, 1.165) is 38.8 Å². The Balaban J connectivity index is 0.00000253. The number of ketones is 1. The monoisotopic (exact) mass is 400 g/mol. The Morgan fingerprint density at radius 1 is 1.00 bits per heavy atom. The zero-order chi connectivity index (χ0) is 20.9. The van der Waals surface area contributed by atoms with Crippen molar-refractivity contribution in [3.63, 3.8) is 0 Å². The van der Waals surface area contributed by atoms with Crippen LogP contribution in [-0.4, -0.2) is 68.7 Å². The molecule has 2 fully saturated rings. The van der Waals surface area contributed by atoms with Gasteiger partial charge in [-0.1, -0.05) is 27.7 Å². The molecule has 6 heteroatoms. The maximum Gasteiger partial charge on any atom is 0.225 e. The van der Waals surface area contributed by atoms with Crippen molar-refractivity contribution >= 4 is 11.7 Å². The number of rotatable bonds is 11. The molecule has 1 amide bonds. The van der Waals surface area contributed by atoms with Gasteiger partial charge in [0.15, 0.2) is 0 Å². The summed E-state index contributed by atoms with van der Waals surface area (Å²) in [6, 6.07) is 0.553. The van der Waals surface area contributed by atoms with Crippen molar-refractivity contribution in [2.45, 2.75) is 66.3 Å². The number of hydrogen-bond donors (Lipinski definition) is 1. The maximum absolute atomic E-state index is 12.1. The third-order valence-corrected chi connectivity index (χ3v) is 5.59. The summed E-state index contributed by atoms with van der Waals surface area (Å²) in [7, 11) is 0. The van der Waals surface area contributed by atoms with Crippen LogP contribution in [0.3, 0.4) is 0 Å². The highest BCUT2D eigenvalue weighted by Gasteiger charge is 2.38. The normalized spacial score (nSPS) is 22.9. The summed E-state index contributed by atoms with van der Waals surface area (Å²) in [5, 5.41) is 2.96. The van der Waals surface area contributed by atoms with Gasteiger partial charge in [0, 0.05) is 45.5 Å². The molecule has 1 saturated carbocycles. The summed E-state index contributed by atoms with van der Waals surface area (Å²) in [5.74, 6) is 1.07. The summed E-state index contributed by atoms with van der Waals surface area (Å²) in [6.07, 6.45) is 4.19. The third-order valence-electron chi connectivity index (χ3n) is 5.59. The fourth-order valence-electron chi connectivity index (χ4n) is 3.93. The van der Waals surface area contributed by atoms with Gasteiger partial charge in [-0.2, -0.15) is 0 Å². The lowest BCUT2D eigenvalue weighted by atomic mass is 9.79. The second-order valence-electron chi connectivity index (χ2n) is 7.81. The fourth-order valence-corrected chi connectivity index (χ4v) is 3.93. The molecule has 0 unspecified atom stereocenters. The summed E-state index contributed by atoms with van der Waals surface area (Å²) in [5.41, 5.74) is 0. The minimum absolute atomic E-state index is 0. The van der Waals surface area contributed by atoms with E-state index in [2.05, 4.69) is 10.2 Å². The summed E-state index contributed by atoms with van der Waals surface area (Å²) in [4.78, 5) is 26.7. The van der Waals surface area contributed by atoms with Crippen LogP contribution in [0.4, 0.5) is 0 Å². The average Bonchev–Trinajstić information content (AvgIpc) is 2.67. The summed E-state index contributed by atoms with van der Waals surface area (Å²) in [6.45, 7) is 14.6. The molecule has 1 aliphatic heterocycles. The second-order valence-corrected chi connectivity index (χ2v) is 7.81. The van der Waals surface area contributed by atoms with Crippen molar-refractivity contribution < 1.29 is 20.5 Å². The molecule has 1 N–H and O–H groups in total. The number of carbonyl (C=O) groups is 2. The lowest BCUT2D eigenvalue weighted by molar-refractivity contribution is -0.132. The fraction of sp³-hybridized carbons (Fsp3) is 0.909. The lowest BCUT2D eigenvalue weighted by Crippen LogP contribution is -2.58. The Hall–Kier alpha value is -0.980. The Labute approximate surface area is 173 Å². The molecule has 6 nitrogen and oxygen atoms in total. The first-order valence-electron chi connectivity index (χ1n) is 11.2. The van der Waals surface area contributed by atoms with Crippen LogP contribution in [0.15, 0.2) is 0 Å². The van der Waals surface area contributed by atoms with Gasteiger partial charge < -0.3 is 14.8 Å². The molecule has 1 saturated heterocycles. The van der Waals surface area contributed by atoms with Crippen LogP contribution in [0.25, 0.3) is 0 Å². The van der Waals surface area contributed by atoms with E-state index in [1.54, 1.807) is 0 Å². The van der Waals surface area contributed by atoms with Crippen molar-refractivity contribution in [3.05, 3.63) is 0 Å². The molecule has 166 valence electrons. The number of ether oxygens (including phenoxy) is 2. The molecule has 28 heavy (non-hydrogen) atoms. The Morgan fingerprint density at radius 2 is 1.61 bits per heavy atom. The number of carbonyl (C=O) groups excluding carboxylic acids is 2. The molecular formula is C22H44N2O4. The first-order valence-corrected chi connectivity index (χ1v) is 11.2. The number of hydrogen-bond acceptors (Lipinski definition) is 5. The first-order chi connectivity index (χ1) is 13.5. The van der Waals surface area contributed by atoms with Gasteiger partial charge in [0.05, 0.1) is 25.7 Å². The van der Waals surface area contributed by atoms with Gasteiger partial charge >= 0.3 is 0 Å². The molecule has 0 aromatic rings. The van der Waals surface area contributed by atoms with E-state index in [9.17, 15) is 9.59 Å². The summed E-state index contributed by atoms with van der Waals surface area (Å²) >= 11 is 0. The molecule has 0 radical (unpaired) electrons. The number of nitrogens with zero attached hydrogens (tertiary/aromatic N) is 1. The Kier molecular flexibility index (Phi) is 12.6. The van der Waals surface area contributed by atoms with Gasteiger partial charge in [0.2, 0.25) is 5.91 Å². The largest absolute Gasteiger partial charge is 0.379 e. The second kappa shape index (κ2) is 14.1. The van der Waals surface area contributed by atoms with Crippen LogP contribution in [0.5, 0.6) is 0 Å². The van der Waals surface area contributed by atoms with E-state index in [1.165, 1.54) is 0 Å². The number of Topliss-reactive ketones (excluding diaryl/α,β-unsaturated/α-hetero) is 1. The molecular weight excluding hydrogens is 356 g/mol. The van der Waals surface area contributed by atoms with E-state index < -0.39 is 0 Å². The van der Waals surface area contributed by atoms with Gasteiger partial charge in [-0.3, -0.25) is 14.5 Å². The smallest absolute Gasteiger partial charge is 0.225 e. The van der Waals surface area contributed by atoms with Crippen molar-refractivity contribution in [1.82, 2.24) is 10.2 Å². The number of amides is 1. The molecule has 0 bridgehead atoms. The molecule has 0 atom stereocenters. The highest BCUT2D eigenvalue weighted by Crippen LogP contribution is 2.33. The van der Waals surface area contributed by atoms with Crippen LogP contribution in [0.1, 0.15) is 61.7 Å². The van der Waals surface area contributed by atoms with Crippen LogP contribution < -0.4 is 5.32 Å². The average molecular weight is 401 g/mol. The standard InChI is InChI=1S/C20H36N2O4.C2H6.H2/c1-4-25-11-12-26-10-9-21-20(24)17-13-22(14-17)18-7-5-16(6-8-18)19(23)15(2)3;1-2;/h15-18H,4-14H2,1-3H3,(H,21,24);1-2H3;1H. The number of likely N-dealkylation sites (tertiary alicyclic amines) is 1. The first kappa shape index (κ1) is 25.1. The molecule has 1 heterocycles. The zero-order valence-electron chi connectivity index (χ0n) is 18.7. The van der Waals surface area contributed by atoms with E-state index in [-0.39, 0.29) is 25.1 Å². The van der Waals surface area contributed by atoms with Crippen molar-refractivity contribution in [3.8, 4) is 0 Å². The van der Waals surface area contributed by atoms with Crippen LogP contribution >= 0.6 is 0 Å². The maximum atomic E-state index is 12.1. The molecule has 2 aliphatic rings. The van der Waals surface area contributed by atoms with Crippen LogP contribution in [-0.2, 0) is 19.1 Å². The molecule has 2 rings (SSSR count). The Bertz CT molecular complexity index is 448. The van der Waals surface area contributed by atoms with Crippen LogP contribution in [0.2, 0.25) is 0 Å². The number of nitrogens with one attached hydrogen (secondary N) is 1. The third kappa shape index (κ3) is 8.18. The quantitative estimate of drug-likeness (QED) is 0.540. The van der Waals surface area contributed by atoms with E-state index in [1.807, 2.05) is 34.6 Å². The van der Waals surface area contributed by atoms with Crippen LogP contribution in [0, 0.1) is 17.8 Å². The summed E-state index contributed by atoms with van der Waals surface area (Å²) < 4.78 is 10.6. The molecule has 0 aromatic carbocycles. The highest BCUT2D eigenvalue weighted by atomic mass is 16.5. The van der Waals surface area contributed by atoms with Gasteiger partial charge in [-0.15, -0.1) is 0 Å². The SMILES string of the molecule is CC.CCOCCOCCNC(=O)C1CN(C2CCC(C(=O)C(C)C)CC2)C1.[HH]. The predicted octanol–water partition coefficient (Wildman–Crippen LogP) is 3.14. The van der Waals surface area contributed by atoms with E-state index in [4.69, 9.17) is 9.47 Å². The van der Waals surface area contributed by atoms with Gasteiger partial charge in [0.25, 0.3) is 0 Å². The Morgan fingerprint density at radius 3 is 2.18 bits per heavy atom. The van der Waals surface area contributed by atoms with Gasteiger partial charge in [0.1, 0.15) is 5.78 Å². The molecule has 1 aliphatic carbocycles. The van der Waals surface area contributed by atoms with Crippen molar-refractivity contribution in [1.29, 1.82) is 0 Å². The molecule has 0 aromatic heterocycles. The van der Waals surface area contributed by atoms with Crippen molar-refractivity contribution in [2.75, 3.05) is 46.1 Å². The highest BCUT2D eigenvalue weighted by molar-refractivity contribution is 5.82. The van der Waals surface area contributed by atoms with Gasteiger partial charge in [-0.05, 0) is 32.6 Å².